The molecule has 0 bridgehead atoms. The van der Waals surface area contributed by atoms with E-state index in [-0.39, 0.29) is 0 Å². The Bertz CT molecular complexity index is 236. The molecule has 0 atom stereocenters. The van der Waals surface area contributed by atoms with Gasteiger partial charge in [0.1, 0.15) is 0 Å². The van der Waals surface area contributed by atoms with E-state index < -0.39 is 0 Å². The fourth-order valence-electron chi connectivity index (χ4n) is 1.84. The summed E-state index contributed by atoms with van der Waals surface area (Å²) in [6, 6.07) is 0. The van der Waals surface area contributed by atoms with Gasteiger partial charge in [-0.25, -0.2) is 0 Å². The van der Waals surface area contributed by atoms with Crippen molar-refractivity contribution in [2.45, 2.75) is 34.1 Å². The number of nitrogens with zero attached hydrogens (tertiary/aromatic N) is 1. The molecule has 0 N–H and O–H groups in total. The molecule has 0 fully saturated rings. The lowest BCUT2D eigenvalue weighted by molar-refractivity contribution is 0.328. The van der Waals surface area contributed by atoms with Crippen LogP contribution in [0.2, 0.25) is 0 Å². The van der Waals surface area contributed by atoms with Gasteiger partial charge in [-0.3, -0.25) is 0 Å². The van der Waals surface area contributed by atoms with Crippen LogP contribution < -0.4 is 0 Å². The molecule has 1 heteroatoms. The smallest absolute Gasteiger partial charge is 0.0359 e. The van der Waals surface area contributed by atoms with Crippen LogP contribution in [0.4, 0.5) is 0 Å². The Balaban J connectivity index is 2.54. The number of hydrogen-bond acceptors (Lipinski definition) is 1. The van der Waals surface area contributed by atoms with Crippen LogP contribution in [0.5, 0.6) is 0 Å². The third kappa shape index (κ3) is 2.63. The molecule has 14 heavy (non-hydrogen) atoms. The minimum Gasteiger partial charge on any atom is -0.371 e. The number of hydrogen-bond donors (Lipinski definition) is 0. The first-order valence-corrected chi connectivity index (χ1v) is 5.65. The molecule has 0 radical (unpaired) electrons. The average molecular weight is 193 g/mol. The van der Waals surface area contributed by atoms with Crippen molar-refractivity contribution in [3.63, 3.8) is 0 Å². The maximum atomic E-state index is 4.14. The van der Waals surface area contributed by atoms with Gasteiger partial charge in [0.2, 0.25) is 0 Å². The highest BCUT2D eigenvalue weighted by Gasteiger charge is 2.15. The van der Waals surface area contributed by atoms with E-state index in [9.17, 15) is 0 Å². The fourth-order valence-corrected chi connectivity index (χ4v) is 1.84. The first kappa shape index (κ1) is 11.4. The van der Waals surface area contributed by atoms with Crippen molar-refractivity contribution in [3.05, 3.63) is 23.9 Å². The summed E-state index contributed by atoms with van der Waals surface area (Å²) in [5.74, 6) is 1.29. The van der Waals surface area contributed by atoms with E-state index in [1.54, 1.807) is 5.57 Å². The highest BCUT2D eigenvalue weighted by Crippen LogP contribution is 2.22. The Morgan fingerprint density at radius 2 is 2.00 bits per heavy atom. The van der Waals surface area contributed by atoms with Crippen molar-refractivity contribution in [2.24, 2.45) is 11.8 Å². The standard InChI is InChI=1S/C13H23N/c1-10(2)12(5)14-8-6-13(7-9-14)11(3)4/h6,10-11H,5,7-9H2,1-4H3. The lowest BCUT2D eigenvalue weighted by Gasteiger charge is -2.32. The van der Waals surface area contributed by atoms with Crippen LogP contribution in [-0.2, 0) is 0 Å². The summed E-state index contributed by atoms with van der Waals surface area (Å²) in [7, 11) is 0. The predicted octanol–water partition coefficient (Wildman–Crippen LogP) is 3.44. The summed E-state index contributed by atoms with van der Waals surface area (Å²) >= 11 is 0. The largest absolute Gasteiger partial charge is 0.371 e. The molecule has 0 aliphatic carbocycles. The Labute approximate surface area is 88.5 Å². The van der Waals surface area contributed by atoms with E-state index in [4.69, 9.17) is 0 Å². The normalized spacial score (nSPS) is 17.6. The first-order chi connectivity index (χ1) is 6.52. The van der Waals surface area contributed by atoms with E-state index in [1.165, 1.54) is 12.1 Å². The van der Waals surface area contributed by atoms with Gasteiger partial charge in [-0.2, -0.15) is 0 Å². The van der Waals surface area contributed by atoms with Crippen molar-refractivity contribution in [2.75, 3.05) is 13.1 Å². The van der Waals surface area contributed by atoms with Gasteiger partial charge in [0.05, 0.1) is 0 Å². The van der Waals surface area contributed by atoms with E-state index in [0.29, 0.717) is 11.8 Å². The molecule has 1 aliphatic rings. The van der Waals surface area contributed by atoms with E-state index in [1.807, 2.05) is 0 Å². The van der Waals surface area contributed by atoms with Gasteiger partial charge in [0.15, 0.2) is 0 Å². The van der Waals surface area contributed by atoms with Crippen LogP contribution in [0.15, 0.2) is 23.9 Å². The Kier molecular flexibility index (Phi) is 3.79. The van der Waals surface area contributed by atoms with Gasteiger partial charge in [0.25, 0.3) is 0 Å². The van der Waals surface area contributed by atoms with Gasteiger partial charge < -0.3 is 4.90 Å². The Hall–Kier alpha value is -0.720. The second kappa shape index (κ2) is 4.68. The summed E-state index contributed by atoms with van der Waals surface area (Å²) in [6.45, 7) is 15.3. The van der Waals surface area contributed by atoms with E-state index in [0.717, 1.165) is 13.1 Å². The van der Waals surface area contributed by atoms with Crippen molar-refractivity contribution >= 4 is 0 Å². The molecular formula is C13H23N. The molecular weight excluding hydrogens is 170 g/mol. The van der Waals surface area contributed by atoms with Crippen LogP contribution in [0, 0.1) is 11.8 Å². The molecule has 1 rings (SSSR count). The second-order valence-corrected chi connectivity index (χ2v) is 4.78. The molecule has 80 valence electrons. The van der Waals surface area contributed by atoms with Gasteiger partial charge in [0, 0.05) is 18.8 Å². The third-order valence-corrected chi connectivity index (χ3v) is 3.06. The first-order valence-electron chi connectivity index (χ1n) is 5.65. The summed E-state index contributed by atoms with van der Waals surface area (Å²) < 4.78 is 0. The zero-order valence-electron chi connectivity index (χ0n) is 10.0. The lowest BCUT2D eigenvalue weighted by atomic mass is 9.96. The van der Waals surface area contributed by atoms with Crippen LogP contribution in [0.1, 0.15) is 34.1 Å². The Morgan fingerprint density at radius 1 is 1.36 bits per heavy atom. The average Bonchev–Trinajstić information content (AvgIpc) is 2.16. The second-order valence-electron chi connectivity index (χ2n) is 4.78. The third-order valence-electron chi connectivity index (χ3n) is 3.06. The zero-order valence-corrected chi connectivity index (χ0v) is 10.0. The topological polar surface area (TPSA) is 3.24 Å². The monoisotopic (exact) mass is 193 g/mol. The molecule has 0 saturated carbocycles. The zero-order chi connectivity index (χ0) is 10.7. The summed E-state index contributed by atoms with van der Waals surface area (Å²) in [4.78, 5) is 2.40. The molecule has 1 heterocycles. The van der Waals surface area contributed by atoms with Crippen molar-refractivity contribution < 1.29 is 0 Å². The van der Waals surface area contributed by atoms with Crippen molar-refractivity contribution in [1.29, 1.82) is 0 Å². The minimum absolute atomic E-state index is 0.573. The quantitative estimate of drug-likeness (QED) is 0.621. The van der Waals surface area contributed by atoms with Crippen molar-refractivity contribution in [1.82, 2.24) is 4.90 Å². The molecule has 0 aromatic rings. The van der Waals surface area contributed by atoms with Crippen LogP contribution in [-0.4, -0.2) is 18.0 Å². The molecule has 1 nitrogen and oxygen atoms in total. The van der Waals surface area contributed by atoms with E-state index >= 15 is 0 Å². The number of rotatable bonds is 3. The van der Waals surface area contributed by atoms with Gasteiger partial charge >= 0.3 is 0 Å². The highest BCUT2D eigenvalue weighted by molar-refractivity contribution is 5.13. The van der Waals surface area contributed by atoms with Crippen LogP contribution in [0.25, 0.3) is 0 Å². The molecule has 0 spiro atoms. The molecule has 0 saturated heterocycles. The lowest BCUT2D eigenvalue weighted by Crippen LogP contribution is -2.30. The summed E-state index contributed by atoms with van der Waals surface area (Å²) in [6.07, 6.45) is 3.59. The summed E-state index contributed by atoms with van der Waals surface area (Å²) in [5.41, 5.74) is 2.89. The number of allylic oxidation sites excluding steroid dienone is 1. The van der Waals surface area contributed by atoms with Crippen LogP contribution in [0.3, 0.4) is 0 Å². The SMILES string of the molecule is C=C(C(C)C)N1CC=C(C(C)C)CC1. The maximum absolute atomic E-state index is 4.14. The maximum Gasteiger partial charge on any atom is 0.0359 e. The molecule has 0 aromatic carbocycles. The molecule has 0 unspecified atom stereocenters. The van der Waals surface area contributed by atoms with Crippen molar-refractivity contribution in [3.8, 4) is 0 Å². The predicted molar refractivity (Wildman–Crippen MR) is 63.1 cm³/mol. The molecule has 1 aliphatic heterocycles. The highest BCUT2D eigenvalue weighted by atomic mass is 15.1. The van der Waals surface area contributed by atoms with Crippen LogP contribution >= 0.6 is 0 Å². The minimum atomic E-state index is 0.573. The van der Waals surface area contributed by atoms with Gasteiger partial charge in [-0.15, -0.1) is 0 Å². The Morgan fingerprint density at radius 3 is 2.36 bits per heavy atom. The molecule has 0 amide bonds. The van der Waals surface area contributed by atoms with Gasteiger partial charge in [-0.05, 0) is 18.3 Å². The van der Waals surface area contributed by atoms with E-state index in [2.05, 4.69) is 45.2 Å². The molecule has 0 aromatic heterocycles. The summed E-state index contributed by atoms with van der Waals surface area (Å²) in [5, 5.41) is 0. The van der Waals surface area contributed by atoms with Gasteiger partial charge in [-0.1, -0.05) is 45.9 Å². The fraction of sp³-hybridized carbons (Fsp3) is 0.692.